The summed E-state index contributed by atoms with van der Waals surface area (Å²) in [6, 6.07) is 9.66. The highest BCUT2D eigenvalue weighted by Crippen LogP contribution is 2.21. The van der Waals surface area contributed by atoms with Crippen LogP contribution in [0.5, 0.6) is 0 Å². The molecule has 1 aliphatic rings. The minimum atomic E-state index is 0.452. The fourth-order valence-corrected chi connectivity index (χ4v) is 3.17. The number of hydrogen-bond acceptors (Lipinski definition) is 2. The molecule has 0 radical (unpaired) electrons. The summed E-state index contributed by atoms with van der Waals surface area (Å²) >= 11 is 0. The zero-order valence-corrected chi connectivity index (χ0v) is 13.5. The Morgan fingerprint density at radius 2 is 1.95 bits per heavy atom. The Balaban J connectivity index is 1.96. The summed E-state index contributed by atoms with van der Waals surface area (Å²) in [5.74, 6) is 1.59. The van der Waals surface area contributed by atoms with Gasteiger partial charge in [0.2, 0.25) is 0 Å². The molecule has 112 valence electrons. The van der Waals surface area contributed by atoms with Crippen molar-refractivity contribution in [2.24, 2.45) is 11.8 Å². The second-order valence-electron chi connectivity index (χ2n) is 6.83. The van der Waals surface area contributed by atoms with Crippen LogP contribution in [0.2, 0.25) is 0 Å². The van der Waals surface area contributed by atoms with Crippen LogP contribution in [0.25, 0.3) is 0 Å². The highest BCUT2D eigenvalue weighted by atomic mass is 15.2. The van der Waals surface area contributed by atoms with E-state index < -0.39 is 0 Å². The van der Waals surface area contributed by atoms with Gasteiger partial charge in [-0.05, 0) is 49.4 Å². The largest absolute Gasteiger partial charge is 0.312 e. The molecule has 0 spiro atoms. The molecule has 2 nitrogen and oxygen atoms in total. The molecule has 1 N–H and O–H groups in total. The summed E-state index contributed by atoms with van der Waals surface area (Å²) in [6.07, 6.45) is 2.53. The maximum absolute atomic E-state index is 3.48. The Bertz CT molecular complexity index is 396. The van der Waals surface area contributed by atoms with Crippen molar-refractivity contribution in [3.05, 3.63) is 35.4 Å². The smallest absolute Gasteiger partial charge is 0.0446 e. The van der Waals surface area contributed by atoms with E-state index in [-0.39, 0.29) is 0 Å². The average Bonchev–Trinajstić information content (AvgIpc) is 2.82. The zero-order valence-electron chi connectivity index (χ0n) is 13.5. The summed E-state index contributed by atoms with van der Waals surface area (Å²) < 4.78 is 0. The number of benzene rings is 1. The molecule has 1 aromatic rings. The molecule has 1 fully saturated rings. The van der Waals surface area contributed by atoms with Crippen molar-refractivity contribution in [3.63, 3.8) is 0 Å². The highest BCUT2D eigenvalue weighted by molar-refractivity contribution is 5.25. The van der Waals surface area contributed by atoms with Gasteiger partial charge in [0.25, 0.3) is 0 Å². The van der Waals surface area contributed by atoms with E-state index in [1.165, 1.54) is 37.1 Å². The molecule has 0 saturated carbocycles. The first-order valence-electron chi connectivity index (χ1n) is 8.07. The van der Waals surface area contributed by atoms with Crippen molar-refractivity contribution in [1.82, 2.24) is 10.2 Å². The molecular formula is C18H30N2. The van der Waals surface area contributed by atoms with E-state index in [9.17, 15) is 0 Å². The first-order chi connectivity index (χ1) is 9.58. The topological polar surface area (TPSA) is 15.3 Å². The van der Waals surface area contributed by atoms with Gasteiger partial charge in [-0.25, -0.2) is 0 Å². The van der Waals surface area contributed by atoms with Crippen LogP contribution in [0.15, 0.2) is 24.3 Å². The second-order valence-corrected chi connectivity index (χ2v) is 6.83. The van der Waals surface area contributed by atoms with Crippen LogP contribution in [-0.4, -0.2) is 31.6 Å². The molecule has 0 aromatic heterocycles. The van der Waals surface area contributed by atoms with E-state index in [4.69, 9.17) is 0 Å². The summed E-state index contributed by atoms with van der Waals surface area (Å²) in [6.45, 7) is 10.5. The van der Waals surface area contributed by atoms with Crippen LogP contribution in [0, 0.1) is 11.8 Å². The number of likely N-dealkylation sites (tertiary alicyclic amines) is 1. The van der Waals surface area contributed by atoms with Crippen LogP contribution < -0.4 is 5.32 Å². The van der Waals surface area contributed by atoms with Gasteiger partial charge in [0.15, 0.2) is 0 Å². The van der Waals surface area contributed by atoms with Gasteiger partial charge in [0.05, 0.1) is 0 Å². The highest BCUT2D eigenvalue weighted by Gasteiger charge is 2.21. The van der Waals surface area contributed by atoms with Crippen molar-refractivity contribution in [1.29, 1.82) is 0 Å². The fraction of sp³-hybridized carbons (Fsp3) is 0.667. The molecule has 0 aliphatic carbocycles. The predicted octanol–water partition coefficient (Wildman–Crippen LogP) is 3.49. The van der Waals surface area contributed by atoms with Gasteiger partial charge in [-0.3, -0.25) is 0 Å². The van der Waals surface area contributed by atoms with Gasteiger partial charge in [-0.15, -0.1) is 0 Å². The number of nitrogens with one attached hydrogen (secondary N) is 1. The minimum Gasteiger partial charge on any atom is -0.312 e. The van der Waals surface area contributed by atoms with Crippen LogP contribution >= 0.6 is 0 Å². The molecule has 1 heterocycles. The monoisotopic (exact) mass is 274 g/mol. The number of likely N-dealkylation sites (N-methyl/N-ethyl adjacent to an activating group) is 1. The summed E-state index contributed by atoms with van der Waals surface area (Å²) in [5.41, 5.74) is 2.87. The maximum Gasteiger partial charge on any atom is 0.0446 e. The SMILES string of the molecule is CNC(CN1CCC(C)C1)c1ccc(CC(C)C)cc1. The molecule has 2 rings (SSSR count). The molecule has 0 amide bonds. The molecule has 1 aromatic carbocycles. The van der Waals surface area contributed by atoms with E-state index in [1.807, 2.05) is 0 Å². The van der Waals surface area contributed by atoms with Crippen LogP contribution in [0.3, 0.4) is 0 Å². The van der Waals surface area contributed by atoms with Crippen molar-refractivity contribution in [2.45, 2.75) is 39.7 Å². The van der Waals surface area contributed by atoms with Gasteiger partial charge in [-0.2, -0.15) is 0 Å². The lowest BCUT2D eigenvalue weighted by Gasteiger charge is -2.24. The number of rotatable bonds is 6. The average molecular weight is 274 g/mol. The molecule has 20 heavy (non-hydrogen) atoms. The van der Waals surface area contributed by atoms with Gasteiger partial charge in [-0.1, -0.05) is 45.0 Å². The van der Waals surface area contributed by atoms with Gasteiger partial charge >= 0.3 is 0 Å². The first kappa shape index (κ1) is 15.5. The molecule has 1 saturated heterocycles. The lowest BCUT2D eigenvalue weighted by molar-refractivity contribution is 0.291. The molecule has 2 heteroatoms. The molecule has 1 aliphatic heterocycles. The first-order valence-corrected chi connectivity index (χ1v) is 8.07. The standard InChI is InChI=1S/C18H30N2/c1-14(2)11-16-5-7-17(8-6-16)18(19-4)13-20-10-9-15(3)12-20/h5-8,14-15,18-19H,9-13H2,1-4H3. The van der Waals surface area contributed by atoms with Gasteiger partial charge < -0.3 is 10.2 Å². The van der Waals surface area contributed by atoms with Crippen molar-refractivity contribution < 1.29 is 0 Å². The molecule has 0 bridgehead atoms. The Kier molecular flexibility index (Phi) is 5.62. The Hall–Kier alpha value is -0.860. The summed E-state index contributed by atoms with van der Waals surface area (Å²) in [4.78, 5) is 2.59. The quantitative estimate of drug-likeness (QED) is 0.854. The van der Waals surface area contributed by atoms with Crippen LogP contribution in [-0.2, 0) is 6.42 Å². The third kappa shape index (κ3) is 4.32. The van der Waals surface area contributed by atoms with E-state index in [2.05, 4.69) is 62.3 Å². The molecular weight excluding hydrogens is 244 g/mol. The lowest BCUT2D eigenvalue weighted by atomic mass is 9.99. The van der Waals surface area contributed by atoms with Crippen molar-refractivity contribution in [3.8, 4) is 0 Å². The minimum absolute atomic E-state index is 0.452. The van der Waals surface area contributed by atoms with E-state index in [0.717, 1.165) is 18.4 Å². The van der Waals surface area contributed by atoms with Crippen LogP contribution in [0.4, 0.5) is 0 Å². The Labute approximate surface area is 124 Å². The maximum atomic E-state index is 3.48. The molecule has 2 unspecified atom stereocenters. The summed E-state index contributed by atoms with van der Waals surface area (Å²) in [7, 11) is 2.08. The Morgan fingerprint density at radius 1 is 1.25 bits per heavy atom. The zero-order chi connectivity index (χ0) is 14.5. The second kappa shape index (κ2) is 7.24. The molecule has 2 atom stereocenters. The normalized spacial score (nSPS) is 21.6. The lowest BCUT2D eigenvalue weighted by Crippen LogP contribution is -2.32. The van der Waals surface area contributed by atoms with Crippen molar-refractivity contribution >= 4 is 0 Å². The van der Waals surface area contributed by atoms with E-state index in [1.54, 1.807) is 0 Å². The Morgan fingerprint density at radius 3 is 2.45 bits per heavy atom. The fourth-order valence-electron chi connectivity index (χ4n) is 3.17. The predicted molar refractivity (Wildman–Crippen MR) is 87.0 cm³/mol. The van der Waals surface area contributed by atoms with Gasteiger partial charge in [0, 0.05) is 19.1 Å². The third-order valence-electron chi connectivity index (χ3n) is 4.32. The van der Waals surface area contributed by atoms with Crippen molar-refractivity contribution in [2.75, 3.05) is 26.7 Å². The number of hydrogen-bond donors (Lipinski definition) is 1. The van der Waals surface area contributed by atoms with E-state index >= 15 is 0 Å². The van der Waals surface area contributed by atoms with Crippen LogP contribution in [0.1, 0.15) is 44.4 Å². The third-order valence-corrected chi connectivity index (χ3v) is 4.32. The van der Waals surface area contributed by atoms with E-state index in [0.29, 0.717) is 6.04 Å². The number of nitrogens with zero attached hydrogens (tertiary/aromatic N) is 1. The van der Waals surface area contributed by atoms with Gasteiger partial charge in [0.1, 0.15) is 0 Å². The summed E-state index contributed by atoms with van der Waals surface area (Å²) in [5, 5.41) is 3.48.